The molecule has 2 heterocycles. The summed E-state index contributed by atoms with van der Waals surface area (Å²) in [4.78, 5) is 4.50. The fraction of sp³-hybridized carbons (Fsp3) is 0.130. The second kappa shape index (κ2) is 7.56. The monoisotopic (exact) mass is 386 g/mol. The third kappa shape index (κ3) is 3.23. The molecular formula is C23H18N2O4. The number of hydrogen-bond donors (Lipinski definition) is 0. The maximum atomic E-state index is 9.77. The molecule has 4 rings (SSSR count). The van der Waals surface area contributed by atoms with Crippen LogP contribution in [-0.2, 0) is 0 Å². The number of fused-ring (bicyclic) bond motifs is 1. The first kappa shape index (κ1) is 18.4. The smallest absolute Gasteiger partial charge is 0.232 e. The molecule has 6 nitrogen and oxygen atoms in total. The Hall–Kier alpha value is -3.98. The molecule has 2 aromatic carbocycles. The Labute approximate surface area is 167 Å². The SMILES string of the molecule is COc1ccc(-c2cc(-c3cc4ccccc4o3)nc(OC)c2C#N)c(OC)c1. The summed E-state index contributed by atoms with van der Waals surface area (Å²) in [5.74, 6) is 2.04. The quantitative estimate of drug-likeness (QED) is 0.477. The van der Waals surface area contributed by atoms with E-state index in [1.165, 1.54) is 7.11 Å². The zero-order valence-electron chi connectivity index (χ0n) is 16.2. The van der Waals surface area contributed by atoms with Gasteiger partial charge in [0.1, 0.15) is 34.4 Å². The summed E-state index contributed by atoms with van der Waals surface area (Å²) in [5.41, 5.74) is 2.99. The van der Waals surface area contributed by atoms with Gasteiger partial charge >= 0.3 is 0 Å². The highest BCUT2D eigenvalue weighted by Crippen LogP contribution is 2.40. The van der Waals surface area contributed by atoms with E-state index in [1.807, 2.05) is 48.5 Å². The molecule has 0 spiro atoms. The molecule has 0 saturated heterocycles. The molecule has 0 amide bonds. The average Bonchev–Trinajstić information content (AvgIpc) is 3.22. The van der Waals surface area contributed by atoms with E-state index < -0.39 is 0 Å². The van der Waals surface area contributed by atoms with Crippen molar-refractivity contribution in [1.29, 1.82) is 5.26 Å². The van der Waals surface area contributed by atoms with Gasteiger partial charge in [-0.15, -0.1) is 0 Å². The predicted octanol–water partition coefficient (Wildman–Crippen LogP) is 5.06. The van der Waals surface area contributed by atoms with Crippen molar-refractivity contribution >= 4 is 11.0 Å². The van der Waals surface area contributed by atoms with Crippen molar-refractivity contribution in [3.05, 3.63) is 60.2 Å². The first-order valence-electron chi connectivity index (χ1n) is 8.89. The van der Waals surface area contributed by atoms with Crippen molar-refractivity contribution < 1.29 is 18.6 Å². The van der Waals surface area contributed by atoms with Gasteiger partial charge in [0, 0.05) is 22.6 Å². The first-order chi connectivity index (χ1) is 14.2. The van der Waals surface area contributed by atoms with Crippen LogP contribution >= 0.6 is 0 Å². The zero-order chi connectivity index (χ0) is 20.4. The van der Waals surface area contributed by atoms with Crippen LogP contribution in [0.5, 0.6) is 17.4 Å². The molecule has 0 unspecified atom stereocenters. The average molecular weight is 386 g/mol. The van der Waals surface area contributed by atoms with Crippen molar-refractivity contribution in [2.45, 2.75) is 0 Å². The molecule has 0 atom stereocenters. The minimum Gasteiger partial charge on any atom is -0.497 e. The number of ether oxygens (including phenoxy) is 3. The Morgan fingerprint density at radius 3 is 2.41 bits per heavy atom. The summed E-state index contributed by atoms with van der Waals surface area (Å²) in [7, 11) is 4.65. The van der Waals surface area contributed by atoms with Crippen molar-refractivity contribution in [2.75, 3.05) is 21.3 Å². The molecule has 6 heteroatoms. The van der Waals surface area contributed by atoms with Crippen LogP contribution in [0.2, 0.25) is 0 Å². The van der Waals surface area contributed by atoms with Gasteiger partial charge in [0.05, 0.1) is 21.3 Å². The van der Waals surface area contributed by atoms with E-state index >= 15 is 0 Å². The van der Waals surface area contributed by atoms with Crippen LogP contribution in [-0.4, -0.2) is 26.3 Å². The van der Waals surface area contributed by atoms with Gasteiger partial charge in [-0.25, -0.2) is 4.98 Å². The minimum atomic E-state index is 0.221. The lowest BCUT2D eigenvalue weighted by atomic mass is 9.99. The molecule has 4 aromatic rings. The number of aromatic nitrogens is 1. The molecule has 0 aliphatic heterocycles. The maximum absolute atomic E-state index is 9.77. The van der Waals surface area contributed by atoms with Crippen LogP contribution in [0.4, 0.5) is 0 Å². The normalized spacial score (nSPS) is 10.6. The number of methoxy groups -OCH3 is 3. The van der Waals surface area contributed by atoms with Crippen LogP contribution in [0.25, 0.3) is 33.6 Å². The Balaban J connectivity index is 1.96. The van der Waals surface area contributed by atoms with Crippen LogP contribution in [0.3, 0.4) is 0 Å². The lowest BCUT2D eigenvalue weighted by molar-refractivity contribution is 0.394. The number of nitriles is 1. The van der Waals surface area contributed by atoms with Gasteiger partial charge in [-0.3, -0.25) is 0 Å². The number of benzene rings is 2. The summed E-state index contributed by atoms with van der Waals surface area (Å²) in [6, 6.07) is 19.1. The van der Waals surface area contributed by atoms with Gasteiger partial charge in [0.2, 0.25) is 5.88 Å². The predicted molar refractivity (Wildman–Crippen MR) is 109 cm³/mol. The molecule has 2 aromatic heterocycles. The van der Waals surface area contributed by atoms with Gasteiger partial charge in [-0.05, 0) is 30.3 Å². The van der Waals surface area contributed by atoms with Crippen LogP contribution in [0.15, 0.2) is 59.0 Å². The Bertz CT molecular complexity index is 1200. The number of rotatable bonds is 5. The Kier molecular flexibility index (Phi) is 4.80. The fourth-order valence-corrected chi connectivity index (χ4v) is 3.25. The van der Waals surface area contributed by atoms with Crippen molar-refractivity contribution in [3.63, 3.8) is 0 Å². The Morgan fingerprint density at radius 1 is 0.897 bits per heavy atom. The van der Waals surface area contributed by atoms with Gasteiger partial charge < -0.3 is 18.6 Å². The van der Waals surface area contributed by atoms with Gasteiger partial charge in [-0.2, -0.15) is 5.26 Å². The molecule has 0 bridgehead atoms. The van der Waals surface area contributed by atoms with E-state index in [0.29, 0.717) is 34.1 Å². The molecule has 0 saturated carbocycles. The number of furan rings is 1. The van der Waals surface area contributed by atoms with E-state index in [4.69, 9.17) is 18.6 Å². The number of pyridine rings is 1. The summed E-state index contributed by atoms with van der Waals surface area (Å²) in [5, 5.41) is 10.7. The summed E-state index contributed by atoms with van der Waals surface area (Å²) in [6.07, 6.45) is 0. The molecular weight excluding hydrogens is 368 g/mol. The molecule has 0 aliphatic carbocycles. The molecule has 0 fully saturated rings. The third-order valence-corrected chi connectivity index (χ3v) is 4.67. The minimum absolute atomic E-state index is 0.221. The van der Waals surface area contributed by atoms with Crippen LogP contribution in [0, 0.1) is 11.3 Å². The number of para-hydroxylation sites is 1. The zero-order valence-corrected chi connectivity index (χ0v) is 16.2. The van der Waals surface area contributed by atoms with E-state index in [-0.39, 0.29) is 5.88 Å². The highest BCUT2D eigenvalue weighted by molar-refractivity contribution is 5.85. The second-order valence-electron chi connectivity index (χ2n) is 6.27. The van der Waals surface area contributed by atoms with Gasteiger partial charge in [0.15, 0.2) is 5.76 Å². The van der Waals surface area contributed by atoms with E-state index in [1.54, 1.807) is 20.3 Å². The number of nitrogens with zero attached hydrogens (tertiary/aromatic N) is 2. The van der Waals surface area contributed by atoms with Crippen molar-refractivity contribution in [2.24, 2.45) is 0 Å². The number of hydrogen-bond acceptors (Lipinski definition) is 6. The summed E-state index contributed by atoms with van der Waals surface area (Å²) >= 11 is 0. The molecule has 0 N–H and O–H groups in total. The fourth-order valence-electron chi connectivity index (χ4n) is 3.25. The topological polar surface area (TPSA) is 77.5 Å². The van der Waals surface area contributed by atoms with Gasteiger partial charge in [-0.1, -0.05) is 18.2 Å². The van der Waals surface area contributed by atoms with E-state index in [2.05, 4.69) is 11.1 Å². The largest absolute Gasteiger partial charge is 0.497 e. The standard InChI is InChI=1S/C23H18N2O4/c1-26-15-8-9-16(21(11-15)27-2)17-12-19(25-23(28-3)18(17)13-24)22-10-14-6-4-5-7-20(14)29-22/h4-12H,1-3H3. The molecule has 29 heavy (non-hydrogen) atoms. The molecule has 0 aliphatic rings. The lowest BCUT2D eigenvalue weighted by Gasteiger charge is -2.14. The third-order valence-electron chi connectivity index (χ3n) is 4.67. The van der Waals surface area contributed by atoms with Gasteiger partial charge in [0.25, 0.3) is 0 Å². The van der Waals surface area contributed by atoms with Crippen LogP contribution < -0.4 is 14.2 Å². The van der Waals surface area contributed by atoms with E-state index in [9.17, 15) is 5.26 Å². The van der Waals surface area contributed by atoms with Crippen LogP contribution in [0.1, 0.15) is 5.56 Å². The second-order valence-corrected chi connectivity index (χ2v) is 6.27. The summed E-state index contributed by atoms with van der Waals surface area (Å²) < 4.78 is 22.2. The Morgan fingerprint density at radius 2 is 1.72 bits per heavy atom. The molecule has 0 radical (unpaired) electrons. The highest BCUT2D eigenvalue weighted by atomic mass is 16.5. The molecule has 144 valence electrons. The lowest BCUT2D eigenvalue weighted by Crippen LogP contribution is -1.99. The highest BCUT2D eigenvalue weighted by Gasteiger charge is 2.20. The first-order valence-corrected chi connectivity index (χ1v) is 8.89. The van der Waals surface area contributed by atoms with Crippen molar-refractivity contribution in [1.82, 2.24) is 4.98 Å². The van der Waals surface area contributed by atoms with Crippen molar-refractivity contribution in [3.8, 4) is 46.0 Å². The van der Waals surface area contributed by atoms with E-state index in [0.717, 1.165) is 16.5 Å². The summed E-state index contributed by atoms with van der Waals surface area (Å²) in [6.45, 7) is 0. The maximum Gasteiger partial charge on any atom is 0.232 e.